The highest BCUT2D eigenvalue weighted by atomic mass is 19.3. The number of ether oxygens (including phenoxy) is 2. The Hall–Kier alpha value is -1.40. The maximum Gasteiger partial charge on any atom is 0.264 e. The first-order valence-electron chi connectivity index (χ1n) is 4.71. The molecule has 3 N–H and O–H groups in total. The number of halogens is 2. The van der Waals surface area contributed by atoms with Crippen LogP contribution in [-0.4, -0.2) is 18.5 Å². The molecule has 0 saturated carbocycles. The molecule has 0 bridgehead atoms. The summed E-state index contributed by atoms with van der Waals surface area (Å²) in [4.78, 5) is 0. The average Bonchev–Trinajstić information content (AvgIpc) is 2.73. The Morgan fingerprint density at radius 1 is 1.25 bits per heavy atom. The fourth-order valence-electron chi connectivity index (χ4n) is 1.58. The van der Waals surface area contributed by atoms with Gasteiger partial charge in [-0.3, -0.25) is 0 Å². The number of aliphatic hydroxyl groups excluding tert-OH is 1. The minimum atomic E-state index is -2.66. The summed E-state index contributed by atoms with van der Waals surface area (Å²) < 4.78 is 35.6. The summed E-state index contributed by atoms with van der Waals surface area (Å²) in [5.41, 5.74) is 5.50. The van der Waals surface area contributed by atoms with Crippen LogP contribution in [0.5, 0.6) is 11.5 Å². The number of benzene rings is 1. The molecule has 1 unspecified atom stereocenters. The van der Waals surface area contributed by atoms with Crippen LogP contribution in [-0.2, 0) is 0 Å². The normalized spacial score (nSPS) is 15.6. The third kappa shape index (κ3) is 1.81. The van der Waals surface area contributed by atoms with Gasteiger partial charge in [-0.05, 0) is 17.7 Å². The largest absolute Gasteiger partial charge is 0.454 e. The Kier molecular flexibility index (Phi) is 2.93. The van der Waals surface area contributed by atoms with Gasteiger partial charge in [-0.25, -0.2) is 8.78 Å². The lowest BCUT2D eigenvalue weighted by atomic mass is 10.0. The molecule has 2 rings (SSSR count). The van der Waals surface area contributed by atoms with Crippen LogP contribution in [0.4, 0.5) is 8.78 Å². The van der Waals surface area contributed by atoms with E-state index >= 15 is 0 Å². The molecule has 0 fully saturated rings. The predicted molar refractivity (Wildman–Crippen MR) is 51.5 cm³/mol. The van der Waals surface area contributed by atoms with E-state index in [1.54, 1.807) is 0 Å². The number of aliphatic hydroxyl groups is 1. The SMILES string of the molecule is NC(CO)c1cc2c(cc1C(F)F)OCO2. The molecule has 88 valence electrons. The second kappa shape index (κ2) is 4.23. The van der Waals surface area contributed by atoms with Crippen LogP contribution in [0.1, 0.15) is 23.6 Å². The third-order valence-electron chi connectivity index (χ3n) is 2.41. The van der Waals surface area contributed by atoms with Crippen molar-refractivity contribution in [2.24, 2.45) is 5.73 Å². The predicted octanol–water partition coefficient (Wildman–Crippen LogP) is 1.34. The molecule has 0 aromatic heterocycles. The highest BCUT2D eigenvalue weighted by Crippen LogP contribution is 2.39. The first-order valence-corrected chi connectivity index (χ1v) is 4.71. The van der Waals surface area contributed by atoms with Crippen molar-refractivity contribution in [3.05, 3.63) is 23.3 Å². The van der Waals surface area contributed by atoms with Gasteiger partial charge in [-0.2, -0.15) is 0 Å². The fourth-order valence-corrected chi connectivity index (χ4v) is 1.58. The second-order valence-electron chi connectivity index (χ2n) is 3.42. The van der Waals surface area contributed by atoms with Crippen LogP contribution in [0.15, 0.2) is 12.1 Å². The molecule has 1 aromatic carbocycles. The number of hydrogen-bond acceptors (Lipinski definition) is 4. The van der Waals surface area contributed by atoms with Gasteiger partial charge < -0.3 is 20.3 Å². The van der Waals surface area contributed by atoms with Gasteiger partial charge in [-0.15, -0.1) is 0 Å². The van der Waals surface area contributed by atoms with Crippen molar-refractivity contribution < 1.29 is 23.4 Å². The van der Waals surface area contributed by atoms with Gasteiger partial charge in [-0.1, -0.05) is 0 Å². The topological polar surface area (TPSA) is 64.7 Å². The van der Waals surface area contributed by atoms with Crippen LogP contribution in [0.25, 0.3) is 0 Å². The average molecular weight is 231 g/mol. The summed E-state index contributed by atoms with van der Waals surface area (Å²) in [5.74, 6) is 0.660. The number of nitrogens with two attached hydrogens (primary N) is 1. The zero-order chi connectivity index (χ0) is 11.7. The molecule has 1 aliphatic heterocycles. The molecule has 1 heterocycles. The summed E-state index contributed by atoms with van der Waals surface area (Å²) in [6.07, 6.45) is -2.66. The van der Waals surface area contributed by atoms with Gasteiger partial charge >= 0.3 is 0 Å². The van der Waals surface area contributed by atoms with Gasteiger partial charge in [0.2, 0.25) is 6.79 Å². The lowest BCUT2D eigenvalue weighted by molar-refractivity contribution is 0.148. The van der Waals surface area contributed by atoms with Crippen LogP contribution in [0, 0.1) is 0 Å². The molecule has 0 aliphatic carbocycles. The van der Waals surface area contributed by atoms with Crippen LogP contribution >= 0.6 is 0 Å². The molecule has 0 spiro atoms. The molecular weight excluding hydrogens is 220 g/mol. The standard InChI is InChI=1S/C10H11F2NO3/c11-10(12)6-2-9-8(15-4-16-9)1-5(6)7(13)3-14/h1-2,7,10,14H,3-4,13H2. The fraction of sp³-hybridized carbons (Fsp3) is 0.400. The second-order valence-corrected chi connectivity index (χ2v) is 3.42. The molecule has 6 heteroatoms. The highest BCUT2D eigenvalue weighted by Gasteiger charge is 2.24. The third-order valence-corrected chi connectivity index (χ3v) is 2.41. The first kappa shape index (κ1) is 11.1. The Labute approximate surface area is 90.6 Å². The van der Waals surface area contributed by atoms with E-state index in [0.717, 1.165) is 0 Å². The Balaban J connectivity index is 2.48. The number of rotatable bonds is 3. The molecule has 0 radical (unpaired) electrons. The van der Waals surface area contributed by atoms with Gasteiger partial charge in [0.1, 0.15) is 0 Å². The van der Waals surface area contributed by atoms with E-state index in [9.17, 15) is 8.78 Å². The van der Waals surface area contributed by atoms with Gasteiger partial charge in [0.15, 0.2) is 11.5 Å². The minimum absolute atomic E-state index is 0.00975. The number of hydrogen-bond donors (Lipinski definition) is 2. The molecule has 1 aliphatic rings. The summed E-state index contributed by atoms with van der Waals surface area (Å²) in [5, 5.41) is 8.90. The van der Waals surface area contributed by atoms with Crippen LogP contribution < -0.4 is 15.2 Å². The van der Waals surface area contributed by atoms with Gasteiger partial charge in [0.25, 0.3) is 6.43 Å². The van der Waals surface area contributed by atoms with Crippen molar-refractivity contribution in [3.8, 4) is 11.5 Å². The van der Waals surface area contributed by atoms with Crippen LogP contribution in [0.2, 0.25) is 0 Å². The van der Waals surface area contributed by atoms with E-state index in [0.29, 0.717) is 5.75 Å². The lowest BCUT2D eigenvalue weighted by Gasteiger charge is -2.14. The first-order chi connectivity index (χ1) is 7.63. The maximum absolute atomic E-state index is 12.8. The Morgan fingerprint density at radius 2 is 1.81 bits per heavy atom. The molecular formula is C10H11F2NO3. The molecule has 1 atom stereocenters. The smallest absolute Gasteiger partial charge is 0.264 e. The van der Waals surface area contributed by atoms with E-state index in [-0.39, 0.29) is 23.7 Å². The van der Waals surface area contributed by atoms with Crippen LogP contribution in [0.3, 0.4) is 0 Å². The summed E-state index contributed by atoms with van der Waals surface area (Å²) in [6.45, 7) is -0.394. The van der Waals surface area contributed by atoms with Crippen molar-refractivity contribution in [1.82, 2.24) is 0 Å². The molecule has 1 aromatic rings. The molecule has 0 saturated heterocycles. The van der Waals surface area contributed by atoms with E-state index in [1.807, 2.05) is 0 Å². The number of alkyl halides is 2. The lowest BCUT2D eigenvalue weighted by Crippen LogP contribution is -2.16. The molecule has 16 heavy (non-hydrogen) atoms. The maximum atomic E-state index is 12.8. The monoisotopic (exact) mass is 231 g/mol. The quantitative estimate of drug-likeness (QED) is 0.824. The van der Waals surface area contributed by atoms with Crippen molar-refractivity contribution in [2.45, 2.75) is 12.5 Å². The van der Waals surface area contributed by atoms with Gasteiger partial charge in [0.05, 0.1) is 12.6 Å². The summed E-state index contributed by atoms with van der Waals surface area (Å²) in [7, 11) is 0. The highest BCUT2D eigenvalue weighted by molar-refractivity contribution is 5.50. The van der Waals surface area contributed by atoms with Crippen molar-refractivity contribution in [1.29, 1.82) is 0 Å². The van der Waals surface area contributed by atoms with Crippen molar-refractivity contribution >= 4 is 0 Å². The Morgan fingerprint density at radius 3 is 2.31 bits per heavy atom. The Bertz CT molecular complexity index is 398. The van der Waals surface area contributed by atoms with E-state index in [2.05, 4.69) is 0 Å². The molecule has 0 amide bonds. The van der Waals surface area contributed by atoms with E-state index < -0.39 is 19.1 Å². The van der Waals surface area contributed by atoms with E-state index in [4.69, 9.17) is 20.3 Å². The molecule has 4 nitrogen and oxygen atoms in total. The van der Waals surface area contributed by atoms with E-state index in [1.165, 1.54) is 12.1 Å². The minimum Gasteiger partial charge on any atom is -0.454 e. The number of fused-ring (bicyclic) bond motifs is 1. The zero-order valence-corrected chi connectivity index (χ0v) is 8.32. The summed E-state index contributed by atoms with van der Waals surface area (Å²) in [6, 6.07) is 1.75. The van der Waals surface area contributed by atoms with Crippen molar-refractivity contribution in [3.63, 3.8) is 0 Å². The zero-order valence-electron chi connectivity index (χ0n) is 8.32. The van der Waals surface area contributed by atoms with Gasteiger partial charge in [0, 0.05) is 5.56 Å². The summed E-state index contributed by atoms with van der Waals surface area (Å²) >= 11 is 0. The van der Waals surface area contributed by atoms with Crippen molar-refractivity contribution in [2.75, 3.05) is 13.4 Å².